The number of Topliss-reactive ketones (excluding diaryl/α,β-unsaturated/α-hetero) is 1. The Morgan fingerprint density at radius 1 is 0.692 bits per heavy atom. The number of aliphatic carboxylic acids is 2. The van der Waals surface area contributed by atoms with Crippen LogP contribution in [-0.4, -0.2) is 52.3 Å². The van der Waals surface area contributed by atoms with Crippen molar-refractivity contribution in [3.8, 4) is 0 Å². The summed E-state index contributed by atoms with van der Waals surface area (Å²) < 4.78 is 0. The Kier molecular flexibility index (Phi) is 19.0. The molecule has 0 aromatic carbocycles. The molecule has 0 aliphatic heterocycles. The molecule has 0 spiro atoms. The zero-order valence-electron chi connectivity index (χ0n) is 24.0. The second kappa shape index (κ2) is 21.4. The molecule has 0 saturated heterocycles. The van der Waals surface area contributed by atoms with Crippen molar-refractivity contribution in [3.05, 3.63) is 0 Å². The van der Waals surface area contributed by atoms with Crippen molar-refractivity contribution < 1.29 is 34.2 Å². The number of rotatable bonds is 23. The Hall–Kier alpha value is -2.45. The highest BCUT2D eigenvalue weighted by molar-refractivity contribution is 5.85. The number of nitrogens with one attached hydrogen (secondary N) is 2. The minimum absolute atomic E-state index is 0.0907. The molecule has 9 nitrogen and oxygen atoms in total. The van der Waals surface area contributed by atoms with Gasteiger partial charge in [-0.15, -0.1) is 0 Å². The molecule has 0 heterocycles. The van der Waals surface area contributed by atoms with Gasteiger partial charge in [-0.2, -0.15) is 0 Å². The van der Waals surface area contributed by atoms with Crippen molar-refractivity contribution in [2.75, 3.05) is 6.54 Å². The van der Waals surface area contributed by atoms with Gasteiger partial charge in [0.1, 0.15) is 11.8 Å². The van der Waals surface area contributed by atoms with Crippen molar-refractivity contribution >= 4 is 29.5 Å². The number of carboxylic acids is 2. The van der Waals surface area contributed by atoms with E-state index in [1.807, 2.05) is 0 Å². The molecule has 9 heteroatoms. The lowest BCUT2D eigenvalue weighted by atomic mass is 9.81. The van der Waals surface area contributed by atoms with E-state index in [2.05, 4.69) is 10.6 Å². The van der Waals surface area contributed by atoms with Crippen LogP contribution in [0.4, 0.5) is 0 Å². The van der Waals surface area contributed by atoms with E-state index < -0.39 is 18.0 Å². The van der Waals surface area contributed by atoms with E-state index in [1.54, 1.807) is 0 Å². The SMILES string of the molecule is CC(=O)CCC(NC(=O)C1CCC(CNC(=O)CCCCCCCCCCCCCCC(=O)O)CC1)C(=O)O. The lowest BCUT2D eigenvalue weighted by Crippen LogP contribution is -2.44. The molecule has 224 valence electrons. The van der Waals surface area contributed by atoms with Crippen molar-refractivity contribution in [2.45, 2.75) is 141 Å². The summed E-state index contributed by atoms with van der Waals surface area (Å²) in [4.78, 5) is 57.7. The monoisotopic (exact) mass is 552 g/mol. The van der Waals surface area contributed by atoms with Crippen LogP contribution >= 0.6 is 0 Å². The summed E-state index contributed by atoms with van der Waals surface area (Å²) >= 11 is 0. The molecule has 4 N–H and O–H groups in total. The van der Waals surface area contributed by atoms with Crippen LogP contribution in [0.3, 0.4) is 0 Å². The Bertz CT molecular complexity index is 748. The summed E-state index contributed by atoms with van der Waals surface area (Å²) in [5.74, 6) is -1.95. The number of ketones is 1. The average molecular weight is 553 g/mol. The summed E-state index contributed by atoms with van der Waals surface area (Å²) in [5, 5.41) is 23.6. The molecule has 1 atom stereocenters. The first-order valence-corrected chi connectivity index (χ1v) is 15.2. The predicted molar refractivity (Wildman–Crippen MR) is 150 cm³/mol. The van der Waals surface area contributed by atoms with Gasteiger partial charge in [-0.3, -0.25) is 14.4 Å². The molecule has 0 bridgehead atoms. The van der Waals surface area contributed by atoms with Gasteiger partial charge in [0.2, 0.25) is 11.8 Å². The third kappa shape index (κ3) is 18.5. The van der Waals surface area contributed by atoms with Crippen LogP contribution in [0.1, 0.15) is 135 Å². The van der Waals surface area contributed by atoms with Crippen LogP contribution in [-0.2, 0) is 24.0 Å². The first-order chi connectivity index (χ1) is 18.7. The van der Waals surface area contributed by atoms with Crippen LogP contribution in [0.2, 0.25) is 0 Å². The Balaban J connectivity index is 2.00. The number of carbonyl (C=O) groups is 5. The molecule has 1 saturated carbocycles. The Labute approximate surface area is 234 Å². The molecule has 0 radical (unpaired) electrons. The number of hydrogen-bond acceptors (Lipinski definition) is 5. The van der Waals surface area contributed by atoms with Crippen molar-refractivity contribution in [1.82, 2.24) is 10.6 Å². The van der Waals surface area contributed by atoms with E-state index in [0.717, 1.165) is 51.4 Å². The summed E-state index contributed by atoms with van der Waals surface area (Å²) in [7, 11) is 0. The minimum Gasteiger partial charge on any atom is -0.481 e. The minimum atomic E-state index is -1.12. The normalized spacial score (nSPS) is 17.8. The molecular weight excluding hydrogens is 500 g/mol. The van der Waals surface area contributed by atoms with Crippen molar-refractivity contribution in [3.63, 3.8) is 0 Å². The molecule has 1 aliphatic rings. The van der Waals surface area contributed by atoms with Crippen LogP contribution in [0, 0.1) is 11.8 Å². The van der Waals surface area contributed by atoms with Crippen LogP contribution < -0.4 is 10.6 Å². The van der Waals surface area contributed by atoms with Crippen molar-refractivity contribution in [1.29, 1.82) is 0 Å². The average Bonchev–Trinajstić information content (AvgIpc) is 2.89. The van der Waals surface area contributed by atoms with Gasteiger partial charge in [-0.25, -0.2) is 4.79 Å². The summed E-state index contributed by atoms with van der Waals surface area (Å²) in [6.45, 7) is 2.04. The number of carbonyl (C=O) groups excluding carboxylic acids is 3. The second-order valence-electron chi connectivity index (χ2n) is 11.3. The van der Waals surface area contributed by atoms with Crippen LogP contribution in [0.15, 0.2) is 0 Å². The lowest BCUT2D eigenvalue weighted by Gasteiger charge is -2.28. The van der Waals surface area contributed by atoms with Crippen LogP contribution in [0.5, 0.6) is 0 Å². The van der Waals surface area contributed by atoms with Crippen molar-refractivity contribution in [2.24, 2.45) is 11.8 Å². The van der Waals surface area contributed by atoms with Gasteiger partial charge in [0.05, 0.1) is 0 Å². The van der Waals surface area contributed by atoms with Gasteiger partial charge >= 0.3 is 11.9 Å². The topological polar surface area (TPSA) is 150 Å². The highest BCUT2D eigenvalue weighted by Gasteiger charge is 2.29. The van der Waals surface area contributed by atoms with Gasteiger partial charge in [-0.05, 0) is 57.8 Å². The summed E-state index contributed by atoms with van der Waals surface area (Å²) in [6, 6.07) is -1.03. The van der Waals surface area contributed by atoms with Gasteiger partial charge in [-0.1, -0.05) is 64.2 Å². The third-order valence-electron chi connectivity index (χ3n) is 7.75. The largest absolute Gasteiger partial charge is 0.481 e. The maximum atomic E-state index is 12.5. The fraction of sp³-hybridized carbons (Fsp3) is 0.833. The molecule has 1 fully saturated rings. The Morgan fingerprint density at radius 3 is 1.64 bits per heavy atom. The highest BCUT2D eigenvalue weighted by Crippen LogP contribution is 2.28. The first-order valence-electron chi connectivity index (χ1n) is 15.2. The highest BCUT2D eigenvalue weighted by atomic mass is 16.4. The van der Waals surface area contributed by atoms with Gasteiger partial charge in [0.15, 0.2) is 0 Å². The fourth-order valence-electron chi connectivity index (χ4n) is 5.20. The van der Waals surface area contributed by atoms with E-state index in [-0.39, 0.29) is 42.8 Å². The predicted octanol–water partition coefficient (Wildman–Crippen LogP) is 5.39. The smallest absolute Gasteiger partial charge is 0.326 e. The molecule has 1 rings (SSSR count). The zero-order valence-corrected chi connectivity index (χ0v) is 24.0. The van der Waals surface area contributed by atoms with E-state index in [1.165, 1.54) is 45.4 Å². The van der Waals surface area contributed by atoms with E-state index >= 15 is 0 Å². The number of unbranched alkanes of at least 4 members (excludes halogenated alkanes) is 11. The van der Waals surface area contributed by atoms with E-state index in [0.29, 0.717) is 31.7 Å². The summed E-state index contributed by atoms with van der Waals surface area (Å²) in [5.41, 5.74) is 0. The maximum Gasteiger partial charge on any atom is 0.326 e. The van der Waals surface area contributed by atoms with E-state index in [9.17, 15) is 29.1 Å². The molecule has 39 heavy (non-hydrogen) atoms. The Morgan fingerprint density at radius 2 is 1.18 bits per heavy atom. The molecule has 0 aromatic rings. The first kappa shape index (κ1) is 34.6. The fourth-order valence-corrected chi connectivity index (χ4v) is 5.20. The second-order valence-corrected chi connectivity index (χ2v) is 11.3. The zero-order chi connectivity index (χ0) is 28.9. The molecular formula is C30H52N2O7. The van der Waals surface area contributed by atoms with E-state index in [4.69, 9.17) is 5.11 Å². The van der Waals surface area contributed by atoms with Gasteiger partial charge < -0.3 is 25.6 Å². The summed E-state index contributed by atoms with van der Waals surface area (Å²) in [6.07, 6.45) is 17.5. The van der Waals surface area contributed by atoms with Crippen LogP contribution in [0.25, 0.3) is 0 Å². The number of hydrogen-bond donors (Lipinski definition) is 4. The number of amides is 2. The third-order valence-corrected chi connectivity index (χ3v) is 7.75. The van der Waals surface area contributed by atoms with Gasteiger partial charge in [0, 0.05) is 31.7 Å². The quantitative estimate of drug-likeness (QED) is 0.124. The number of carboxylic acid groups (broad SMARTS) is 2. The molecule has 2 amide bonds. The van der Waals surface area contributed by atoms with Gasteiger partial charge in [0.25, 0.3) is 0 Å². The molecule has 1 unspecified atom stereocenters. The maximum absolute atomic E-state index is 12.5. The molecule has 0 aromatic heterocycles. The molecule has 1 aliphatic carbocycles. The standard InChI is InChI=1S/C30H52N2O7/c1-23(33)16-21-26(30(38)39)32-29(37)25-19-17-24(18-20-25)22-31-27(34)14-12-10-8-6-4-2-3-5-7-9-11-13-15-28(35)36/h24-26H,2-22H2,1H3,(H,31,34)(H,32,37)(H,35,36)(H,38,39). The lowest BCUT2D eigenvalue weighted by molar-refractivity contribution is -0.143.